The first-order chi connectivity index (χ1) is 6.93. The van der Waals surface area contributed by atoms with Crippen LogP contribution in [0.1, 0.15) is 60.3 Å². The number of unbranched alkanes of at least 4 members (excludes halogenated alkanes) is 1. The second-order valence-corrected chi connectivity index (χ2v) is 5.56. The van der Waals surface area contributed by atoms with Gasteiger partial charge in [0.2, 0.25) is 0 Å². The summed E-state index contributed by atoms with van der Waals surface area (Å²) in [5, 5.41) is 0. The summed E-state index contributed by atoms with van der Waals surface area (Å²) in [5.74, 6) is 0.692. The molecule has 0 N–H and O–H groups in total. The van der Waals surface area contributed by atoms with Gasteiger partial charge in [-0.15, -0.1) is 0 Å². The Morgan fingerprint density at radius 3 is 2.20 bits per heavy atom. The van der Waals surface area contributed by atoms with Crippen molar-refractivity contribution in [3.05, 3.63) is 11.1 Å². The first-order valence-corrected chi connectivity index (χ1v) is 6.21. The van der Waals surface area contributed by atoms with E-state index in [1.165, 1.54) is 18.4 Å². The van der Waals surface area contributed by atoms with E-state index in [9.17, 15) is 4.79 Å². The summed E-state index contributed by atoms with van der Waals surface area (Å²) in [5.41, 5.74) is 2.59. The lowest BCUT2D eigenvalue weighted by Gasteiger charge is -2.38. The number of hydrogen-bond donors (Lipinski definition) is 0. The third kappa shape index (κ3) is 2.32. The highest BCUT2D eigenvalue weighted by Gasteiger charge is 2.42. The van der Waals surface area contributed by atoms with Gasteiger partial charge in [-0.05, 0) is 18.3 Å². The van der Waals surface area contributed by atoms with E-state index in [-0.39, 0.29) is 11.3 Å². The minimum atomic E-state index is 0.0468. The molecule has 0 saturated carbocycles. The molecule has 0 radical (unpaired) electrons. The molecule has 0 amide bonds. The van der Waals surface area contributed by atoms with Crippen molar-refractivity contribution in [2.45, 2.75) is 60.3 Å². The van der Waals surface area contributed by atoms with E-state index in [4.69, 9.17) is 0 Å². The van der Waals surface area contributed by atoms with Gasteiger partial charge in [-0.25, -0.2) is 0 Å². The Morgan fingerprint density at radius 1 is 1.20 bits per heavy atom. The van der Waals surface area contributed by atoms with E-state index >= 15 is 0 Å². The fraction of sp³-hybridized carbons (Fsp3) is 0.786. The van der Waals surface area contributed by atoms with Gasteiger partial charge in [0.25, 0.3) is 0 Å². The molecule has 0 aromatic heterocycles. The van der Waals surface area contributed by atoms with Crippen LogP contribution in [-0.2, 0) is 4.79 Å². The molecule has 1 rings (SSSR count). The Bertz CT molecular complexity index is 278. The van der Waals surface area contributed by atoms with Crippen molar-refractivity contribution >= 4 is 5.78 Å². The third-order valence-electron chi connectivity index (χ3n) is 3.28. The molecule has 0 saturated heterocycles. The van der Waals surface area contributed by atoms with Crippen molar-refractivity contribution in [1.82, 2.24) is 0 Å². The quantitative estimate of drug-likeness (QED) is 0.679. The van der Waals surface area contributed by atoms with Gasteiger partial charge in [0.05, 0.1) is 0 Å². The topological polar surface area (TPSA) is 17.1 Å². The number of ketones is 1. The summed E-state index contributed by atoms with van der Waals surface area (Å²) in [6, 6.07) is 0. The molecule has 86 valence electrons. The summed E-state index contributed by atoms with van der Waals surface area (Å²) in [4.78, 5) is 12.0. The lowest BCUT2D eigenvalue weighted by atomic mass is 9.64. The summed E-state index contributed by atoms with van der Waals surface area (Å²) in [6.45, 7) is 10.8. The van der Waals surface area contributed by atoms with Crippen LogP contribution in [0.3, 0.4) is 0 Å². The van der Waals surface area contributed by atoms with Gasteiger partial charge in [-0.3, -0.25) is 4.79 Å². The molecule has 0 aliphatic heterocycles. The number of allylic oxidation sites excluding steroid dienone is 2. The zero-order valence-electron chi connectivity index (χ0n) is 10.8. The first-order valence-electron chi connectivity index (χ1n) is 6.21. The molecular formula is C14H24O. The van der Waals surface area contributed by atoms with Crippen LogP contribution in [0.5, 0.6) is 0 Å². The normalized spacial score (nSPS) is 21.9. The highest BCUT2D eigenvalue weighted by Crippen LogP contribution is 2.45. The fourth-order valence-electron chi connectivity index (χ4n) is 2.58. The van der Waals surface area contributed by atoms with E-state index in [1.54, 1.807) is 0 Å². The molecule has 1 atom stereocenters. The molecule has 1 aliphatic carbocycles. The predicted molar refractivity (Wildman–Crippen MR) is 64.8 cm³/mol. The summed E-state index contributed by atoms with van der Waals surface area (Å²) < 4.78 is 0. The van der Waals surface area contributed by atoms with Crippen LogP contribution in [0, 0.1) is 11.3 Å². The summed E-state index contributed by atoms with van der Waals surface area (Å²) >= 11 is 0. The lowest BCUT2D eigenvalue weighted by molar-refractivity contribution is -0.122. The molecule has 0 heterocycles. The van der Waals surface area contributed by atoms with Crippen molar-refractivity contribution in [2.75, 3.05) is 0 Å². The second-order valence-electron chi connectivity index (χ2n) is 5.56. The fourth-order valence-corrected chi connectivity index (χ4v) is 2.58. The van der Waals surface area contributed by atoms with E-state index in [0.29, 0.717) is 5.78 Å². The van der Waals surface area contributed by atoms with Crippen molar-refractivity contribution in [1.29, 1.82) is 0 Å². The van der Waals surface area contributed by atoms with E-state index in [1.807, 2.05) is 0 Å². The van der Waals surface area contributed by atoms with Crippen LogP contribution in [0.25, 0.3) is 0 Å². The van der Waals surface area contributed by atoms with Crippen molar-refractivity contribution in [2.24, 2.45) is 11.3 Å². The SMILES string of the molecule is CCCCC1C(=O)C(C(C)(C)C)=C1CC. The van der Waals surface area contributed by atoms with E-state index in [0.717, 1.165) is 18.4 Å². The maximum absolute atomic E-state index is 12.0. The van der Waals surface area contributed by atoms with Gasteiger partial charge in [-0.2, -0.15) is 0 Å². The van der Waals surface area contributed by atoms with Crippen LogP contribution >= 0.6 is 0 Å². The largest absolute Gasteiger partial charge is 0.294 e. The molecule has 0 fully saturated rings. The van der Waals surface area contributed by atoms with Crippen molar-refractivity contribution < 1.29 is 4.79 Å². The smallest absolute Gasteiger partial charge is 0.166 e. The Hall–Kier alpha value is -0.590. The Kier molecular flexibility index (Phi) is 3.75. The highest BCUT2D eigenvalue weighted by molar-refractivity contribution is 6.07. The number of hydrogen-bond acceptors (Lipinski definition) is 1. The Labute approximate surface area is 93.9 Å². The number of carbonyl (C=O) groups excluding carboxylic acids is 1. The lowest BCUT2D eigenvalue weighted by Crippen LogP contribution is -2.37. The molecule has 0 spiro atoms. The minimum Gasteiger partial charge on any atom is -0.294 e. The second kappa shape index (κ2) is 4.51. The Morgan fingerprint density at radius 2 is 1.80 bits per heavy atom. The van der Waals surface area contributed by atoms with E-state index in [2.05, 4.69) is 34.6 Å². The van der Waals surface area contributed by atoms with Gasteiger partial charge < -0.3 is 0 Å². The van der Waals surface area contributed by atoms with E-state index < -0.39 is 0 Å². The van der Waals surface area contributed by atoms with Gasteiger partial charge in [0.1, 0.15) is 0 Å². The van der Waals surface area contributed by atoms with Gasteiger partial charge in [0.15, 0.2) is 5.78 Å². The Balaban J connectivity index is 2.83. The number of rotatable bonds is 4. The number of carbonyl (C=O) groups is 1. The van der Waals surface area contributed by atoms with Crippen molar-refractivity contribution in [3.8, 4) is 0 Å². The van der Waals surface area contributed by atoms with Crippen LogP contribution in [0.4, 0.5) is 0 Å². The summed E-state index contributed by atoms with van der Waals surface area (Å²) in [7, 11) is 0. The average molecular weight is 208 g/mol. The molecule has 0 bridgehead atoms. The minimum absolute atomic E-state index is 0.0468. The van der Waals surface area contributed by atoms with Gasteiger partial charge in [0, 0.05) is 11.5 Å². The highest BCUT2D eigenvalue weighted by atomic mass is 16.1. The standard InChI is InChI=1S/C14H24O/c1-6-8-9-11-10(7-2)12(13(11)15)14(3,4)5/h11H,6-9H2,1-5H3. The maximum Gasteiger partial charge on any atom is 0.166 e. The molecule has 1 unspecified atom stereocenters. The first kappa shape index (κ1) is 12.5. The monoisotopic (exact) mass is 208 g/mol. The molecule has 1 heteroatoms. The molecular weight excluding hydrogens is 184 g/mol. The van der Waals surface area contributed by atoms with Crippen LogP contribution in [0.15, 0.2) is 11.1 Å². The average Bonchev–Trinajstić information content (AvgIpc) is 2.11. The molecule has 1 nitrogen and oxygen atoms in total. The van der Waals surface area contributed by atoms with Crippen LogP contribution in [0.2, 0.25) is 0 Å². The maximum atomic E-state index is 12.0. The van der Waals surface area contributed by atoms with Crippen LogP contribution in [-0.4, -0.2) is 5.78 Å². The molecule has 0 aromatic rings. The van der Waals surface area contributed by atoms with Gasteiger partial charge >= 0.3 is 0 Å². The predicted octanol–water partition coefficient (Wildman–Crippen LogP) is 4.13. The van der Waals surface area contributed by atoms with Crippen molar-refractivity contribution in [3.63, 3.8) is 0 Å². The molecule has 1 aliphatic rings. The third-order valence-corrected chi connectivity index (χ3v) is 3.28. The number of Topliss-reactive ketones (excluding diaryl/α,β-unsaturated/α-hetero) is 1. The molecule has 15 heavy (non-hydrogen) atoms. The molecule has 0 aromatic carbocycles. The van der Waals surface area contributed by atoms with Crippen LogP contribution < -0.4 is 0 Å². The summed E-state index contributed by atoms with van der Waals surface area (Å²) in [6.07, 6.45) is 4.48. The zero-order valence-corrected chi connectivity index (χ0v) is 10.8. The van der Waals surface area contributed by atoms with Gasteiger partial charge in [-0.1, -0.05) is 53.0 Å². The zero-order chi connectivity index (χ0) is 11.6.